The first-order valence-corrected chi connectivity index (χ1v) is 8.84. The van der Waals surface area contributed by atoms with E-state index < -0.39 is 0 Å². The van der Waals surface area contributed by atoms with E-state index in [2.05, 4.69) is 5.32 Å². The van der Waals surface area contributed by atoms with Gasteiger partial charge in [0.1, 0.15) is 0 Å². The Labute approximate surface area is 151 Å². The summed E-state index contributed by atoms with van der Waals surface area (Å²) in [6.07, 6.45) is 2.98. The van der Waals surface area contributed by atoms with Gasteiger partial charge in [-0.05, 0) is 41.8 Å². The maximum Gasteiger partial charge on any atom is 0.289 e. The van der Waals surface area contributed by atoms with Crippen LogP contribution in [-0.2, 0) is 0 Å². The average molecular weight is 348 g/mol. The molecular weight excluding hydrogens is 328 g/mol. The number of carbonyl (C=O) groups excluding carboxylic acids is 2. The van der Waals surface area contributed by atoms with E-state index in [1.165, 1.54) is 6.26 Å². The molecule has 0 spiro atoms. The molecule has 1 N–H and O–H groups in total. The minimum absolute atomic E-state index is 0.0578. The van der Waals surface area contributed by atoms with E-state index in [1.807, 2.05) is 42.5 Å². The Balaban J connectivity index is 1.40. The lowest BCUT2D eigenvalue weighted by atomic mass is 10.0. The molecule has 5 nitrogen and oxygen atoms in total. The number of furan rings is 1. The van der Waals surface area contributed by atoms with Gasteiger partial charge in [-0.3, -0.25) is 9.59 Å². The van der Waals surface area contributed by atoms with Crippen LogP contribution in [-0.4, -0.2) is 35.8 Å². The first-order chi connectivity index (χ1) is 12.7. The third-order valence-electron chi connectivity index (χ3n) is 4.88. The van der Waals surface area contributed by atoms with Crippen molar-refractivity contribution < 1.29 is 14.0 Å². The van der Waals surface area contributed by atoms with Crippen LogP contribution in [0.5, 0.6) is 0 Å². The molecular formula is C21H20N2O3. The second-order valence-corrected chi connectivity index (χ2v) is 6.54. The van der Waals surface area contributed by atoms with Crippen molar-refractivity contribution in [1.29, 1.82) is 0 Å². The topological polar surface area (TPSA) is 62.6 Å². The number of nitrogens with zero attached hydrogens (tertiary/aromatic N) is 1. The first kappa shape index (κ1) is 16.4. The molecule has 1 aromatic heterocycles. The molecule has 132 valence electrons. The van der Waals surface area contributed by atoms with Crippen LogP contribution in [0.2, 0.25) is 0 Å². The van der Waals surface area contributed by atoms with Crippen LogP contribution in [0.3, 0.4) is 0 Å². The molecule has 5 heteroatoms. The number of hydrogen-bond acceptors (Lipinski definition) is 3. The second kappa shape index (κ2) is 7.04. The lowest BCUT2D eigenvalue weighted by Gasteiger charge is -2.32. The normalized spacial score (nSPS) is 15.2. The van der Waals surface area contributed by atoms with Crippen molar-refractivity contribution in [3.05, 3.63) is 72.2 Å². The molecule has 0 saturated carbocycles. The van der Waals surface area contributed by atoms with Crippen molar-refractivity contribution in [3.63, 3.8) is 0 Å². The zero-order valence-electron chi connectivity index (χ0n) is 14.4. The fourth-order valence-corrected chi connectivity index (χ4v) is 3.47. The van der Waals surface area contributed by atoms with Crippen LogP contribution in [0.1, 0.15) is 33.8 Å². The summed E-state index contributed by atoms with van der Waals surface area (Å²) in [4.78, 5) is 26.8. The van der Waals surface area contributed by atoms with Gasteiger partial charge >= 0.3 is 0 Å². The van der Waals surface area contributed by atoms with Gasteiger partial charge in [0.2, 0.25) is 0 Å². The van der Waals surface area contributed by atoms with Gasteiger partial charge in [0.25, 0.3) is 11.8 Å². The monoisotopic (exact) mass is 348 g/mol. The molecule has 2 heterocycles. The third-order valence-corrected chi connectivity index (χ3v) is 4.88. The van der Waals surface area contributed by atoms with Gasteiger partial charge < -0.3 is 14.6 Å². The van der Waals surface area contributed by atoms with E-state index in [9.17, 15) is 9.59 Å². The second-order valence-electron chi connectivity index (χ2n) is 6.54. The predicted molar refractivity (Wildman–Crippen MR) is 99.0 cm³/mol. The Bertz CT molecular complexity index is 920. The summed E-state index contributed by atoms with van der Waals surface area (Å²) < 4.78 is 5.18. The molecule has 2 amide bonds. The lowest BCUT2D eigenvalue weighted by Crippen LogP contribution is -2.46. The number of likely N-dealkylation sites (tertiary alicyclic amines) is 1. The van der Waals surface area contributed by atoms with Crippen LogP contribution in [0.25, 0.3) is 10.8 Å². The molecule has 2 aromatic carbocycles. The Kier molecular flexibility index (Phi) is 4.44. The SMILES string of the molecule is O=C(NC1CCN(C(=O)c2ccco2)CC1)c1cccc2ccccc12. The lowest BCUT2D eigenvalue weighted by molar-refractivity contribution is 0.0667. The Hall–Kier alpha value is -3.08. The van der Waals surface area contributed by atoms with Gasteiger partial charge in [-0.15, -0.1) is 0 Å². The number of carbonyl (C=O) groups is 2. The van der Waals surface area contributed by atoms with E-state index in [0.717, 1.165) is 23.6 Å². The van der Waals surface area contributed by atoms with E-state index in [4.69, 9.17) is 4.42 Å². The highest BCUT2D eigenvalue weighted by molar-refractivity contribution is 6.07. The number of nitrogens with one attached hydrogen (secondary N) is 1. The van der Waals surface area contributed by atoms with Gasteiger partial charge in [-0.2, -0.15) is 0 Å². The van der Waals surface area contributed by atoms with E-state index in [1.54, 1.807) is 17.0 Å². The van der Waals surface area contributed by atoms with Crippen LogP contribution >= 0.6 is 0 Å². The highest BCUT2D eigenvalue weighted by atomic mass is 16.3. The van der Waals surface area contributed by atoms with Crippen LogP contribution in [0, 0.1) is 0 Å². The minimum atomic E-state index is -0.0890. The van der Waals surface area contributed by atoms with Crippen molar-refractivity contribution in [1.82, 2.24) is 10.2 Å². The fraction of sp³-hybridized carbons (Fsp3) is 0.238. The smallest absolute Gasteiger partial charge is 0.289 e. The maximum atomic E-state index is 12.7. The molecule has 0 aliphatic carbocycles. The van der Waals surface area contributed by atoms with Crippen molar-refractivity contribution in [2.75, 3.05) is 13.1 Å². The summed E-state index contributed by atoms with van der Waals surface area (Å²) in [6.45, 7) is 1.22. The molecule has 4 rings (SSSR count). The highest BCUT2D eigenvalue weighted by Crippen LogP contribution is 2.20. The average Bonchev–Trinajstić information content (AvgIpc) is 3.22. The van der Waals surface area contributed by atoms with Crippen LogP contribution in [0.4, 0.5) is 0 Å². The van der Waals surface area contributed by atoms with Crippen molar-refractivity contribution in [3.8, 4) is 0 Å². The standard InChI is InChI=1S/C21H20N2O3/c24-20(18-8-3-6-15-5-1-2-7-17(15)18)22-16-10-12-23(13-11-16)21(25)19-9-4-14-26-19/h1-9,14,16H,10-13H2,(H,22,24). The molecule has 0 radical (unpaired) electrons. The van der Waals surface area contributed by atoms with Crippen molar-refractivity contribution >= 4 is 22.6 Å². The van der Waals surface area contributed by atoms with Gasteiger partial charge in [0, 0.05) is 24.7 Å². The zero-order valence-corrected chi connectivity index (χ0v) is 14.4. The Morgan fingerprint density at radius 2 is 1.73 bits per heavy atom. The number of rotatable bonds is 3. The molecule has 3 aromatic rings. The molecule has 0 unspecified atom stereocenters. The van der Waals surface area contributed by atoms with Crippen LogP contribution in [0.15, 0.2) is 65.3 Å². The fourth-order valence-electron chi connectivity index (χ4n) is 3.47. The summed E-state index contributed by atoms with van der Waals surface area (Å²) in [6, 6.07) is 17.1. The van der Waals surface area contributed by atoms with E-state index in [-0.39, 0.29) is 17.9 Å². The molecule has 0 atom stereocenters. The number of amides is 2. The Morgan fingerprint density at radius 3 is 2.50 bits per heavy atom. The largest absolute Gasteiger partial charge is 0.459 e. The predicted octanol–water partition coefficient (Wildman–Crippen LogP) is 3.47. The molecule has 0 bridgehead atoms. The molecule has 1 aliphatic heterocycles. The summed E-state index contributed by atoms with van der Waals surface area (Å²) in [5.74, 6) is 0.217. The van der Waals surface area contributed by atoms with Crippen molar-refractivity contribution in [2.24, 2.45) is 0 Å². The van der Waals surface area contributed by atoms with Gasteiger partial charge in [-0.25, -0.2) is 0 Å². The highest BCUT2D eigenvalue weighted by Gasteiger charge is 2.26. The first-order valence-electron chi connectivity index (χ1n) is 8.84. The molecule has 26 heavy (non-hydrogen) atoms. The quantitative estimate of drug-likeness (QED) is 0.788. The summed E-state index contributed by atoms with van der Waals surface area (Å²) in [5, 5.41) is 5.13. The van der Waals surface area contributed by atoms with Gasteiger partial charge in [0.05, 0.1) is 6.26 Å². The molecule has 1 fully saturated rings. The minimum Gasteiger partial charge on any atom is -0.459 e. The van der Waals surface area contributed by atoms with Gasteiger partial charge in [-0.1, -0.05) is 36.4 Å². The summed E-state index contributed by atoms with van der Waals surface area (Å²) in [5.41, 5.74) is 0.692. The van der Waals surface area contributed by atoms with E-state index in [0.29, 0.717) is 24.4 Å². The summed E-state index contributed by atoms with van der Waals surface area (Å²) in [7, 11) is 0. The number of fused-ring (bicyclic) bond motifs is 1. The zero-order chi connectivity index (χ0) is 17.9. The van der Waals surface area contributed by atoms with Crippen molar-refractivity contribution in [2.45, 2.75) is 18.9 Å². The van der Waals surface area contributed by atoms with E-state index >= 15 is 0 Å². The van der Waals surface area contributed by atoms with Gasteiger partial charge in [0.15, 0.2) is 5.76 Å². The number of benzene rings is 2. The molecule has 1 aliphatic rings. The number of hydrogen-bond donors (Lipinski definition) is 1. The maximum absolute atomic E-state index is 12.7. The number of piperidine rings is 1. The Morgan fingerprint density at radius 1 is 0.962 bits per heavy atom. The van der Waals surface area contributed by atoms with Crippen LogP contribution < -0.4 is 5.32 Å². The molecule has 1 saturated heterocycles. The third kappa shape index (κ3) is 3.20. The summed E-state index contributed by atoms with van der Waals surface area (Å²) >= 11 is 0.